The van der Waals surface area contributed by atoms with Crippen LogP contribution >= 0.6 is 0 Å². The van der Waals surface area contributed by atoms with Gasteiger partial charge in [0.1, 0.15) is 16.9 Å². The summed E-state index contributed by atoms with van der Waals surface area (Å²) in [6.07, 6.45) is 3.88. The monoisotopic (exact) mass is 493 g/mol. The molecule has 1 spiro atoms. The molecule has 2 aliphatic heterocycles. The van der Waals surface area contributed by atoms with Gasteiger partial charge in [0.2, 0.25) is 0 Å². The van der Waals surface area contributed by atoms with Crippen LogP contribution in [0.1, 0.15) is 50.2 Å². The number of carbonyl (C=O) groups is 3. The molecule has 3 aliphatic rings. The summed E-state index contributed by atoms with van der Waals surface area (Å²) in [5, 5.41) is 0. The molecule has 0 bridgehead atoms. The van der Waals surface area contributed by atoms with Gasteiger partial charge in [-0.05, 0) is 49.2 Å². The summed E-state index contributed by atoms with van der Waals surface area (Å²) in [5.74, 6) is -0.397. The zero-order valence-corrected chi connectivity index (χ0v) is 21.1. The quantitative estimate of drug-likeness (QED) is 0.475. The molecule has 3 aromatic rings. The second kappa shape index (κ2) is 8.17. The van der Waals surface area contributed by atoms with Crippen LogP contribution in [-0.4, -0.2) is 43.7 Å². The van der Waals surface area contributed by atoms with Gasteiger partial charge >= 0.3 is 0 Å². The molecule has 1 saturated heterocycles. The van der Waals surface area contributed by atoms with E-state index in [1.54, 1.807) is 56.7 Å². The molecule has 0 amide bonds. The predicted octanol–water partition coefficient (Wildman–Crippen LogP) is 5.03. The average Bonchev–Trinajstić information content (AvgIpc) is 3.35. The molecule has 3 atom stereocenters. The van der Waals surface area contributed by atoms with E-state index in [0.717, 1.165) is 16.8 Å². The average molecular weight is 494 g/mol. The summed E-state index contributed by atoms with van der Waals surface area (Å²) in [5.41, 5.74) is 2.66. The van der Waals surface area contributed by atoms with Crippen LogP contribution in [0.25, 0.3) is 6.08 Å². The molecule has 37 heavy (non-hydrogen) atoms. The van der Waals surface area contributed by atoms with Crippen LogP contribution in [0.5, 0.6) is 11.5 Å². The van der Waals surface area contributed by atoms with Gasteiger partial charge in [-0.1, -0.05) is 48.6 Å². The number of benzene rings is 3. The lowest BCUT2D eigenvalue weighted by molar-refractivity contribution is -0.118. The maximum atomic E-state index is 14.5. The highest BCUT2D eigenvalue weighted by Gasteiger charge is 2.71. The van der Waals surface area contributed by atoms with Crippen LogP contribution in [0.3, 0.4) is 0 Å². The van der Waals surface area contributed by atoms with E-state index < -0.39 is 23.4 Å². The van der Waals surface area contributed by atoms with Crippen LogP contribution in [0.2, 0.25) is 0 Å². The van der Waals surface area contributed by atoms with Gasteiger partial charge in [0.25, 0.3) is 0 Å². The number of nitrogens with zero attached hydrogens (tertiary/aromatic N) is 1. The lowest BCUT2D eigenvalue weighted by Gasteiger charge is -2.37. The number of ether oxygens (including phenoxy) is 2. The second-order valence-electron chi connectivity index (χ2n) is 9.99. The smallest absolute Gasteiger partial charge is 0.180 e. The molecule has 1 fully saturated rings. The van der Waals surface area contributed by atoms with Gasteiger partial charge in [0.05, 0.1) is 26.3 Å². The first-order chi connectivity index (χ1) is 17.8. The predicted molar refractivity (Wildman–Crippen MR) is 141 cm³/mol. The third kappa shape index (κ3) is 2.95. The lowest BCUT2D eigenvalue weighted by Crippen LogP contribution is -2.48. The van der Waals surface area contributed by atoms with Crippen molar-refractivity contribution in [2.75, 3.05) is 19.1 Å². The minimum atomic E-state index is -1.54. The normalized spacial score (nSPS) is 22.6. The maximum Gasteiger partial charge on any atom is 0.180 e. The highest BCUT2D eigenvalue weighted by molar-refractivity contribution is 6.32. The van der Waals surface area contributed by atoms with Crippen molar-refractivity contribution in [3.8, 4) is 11.5 Å². The zero-order valence-electron chi connectivity index (χ0n) is 21.1. The summed E-state index contributed by atoms with van der Waals surface area (Å²) in [6.45, 7) is 3.53. The molecular formula is C31H27NO5. The fourth-order valence-corrected chi connectivity index (χ4v) is 6.65. The fourth-order valence-electron chi connectivity index (χ4n) is 6.65. The Morgan fingerprint density at radius 1 is 0.919 bits per heavy atom. The summed E-state index contributed by atoms with van der Waals surface area (Å²) in [4.78, 5) is 44.6. The first kappa shape index (κ1) is 23.2. The van der Waals surface area contributed by atoms with E-state index in [1.807, 2.05) is 42.2 Å². The van der Waals surface area contributed by atoms with E-state index in [1.165, 1.54) is 6.92 Å². The van der Waals surface area contributed by atoms with Crippen LogP contribution < -0.4 is 14.4 Å². The fraction of sp³-hybridized carbons (Fsp3) is 0.258. The van der Waals surface area contributed by atoms with Crippen molar-refractivity contribution >= 4 is 29.1 Å². The summed E-state index contributed by atoms with van der Waals surface area (Å²) < 4.78 is 11.3. The van der Waals surface area contributed by atoms with E-state index in [2.05, 4.69) is 0 Å². The number of hydrogen-bond donors (Lipinski definition) is 0. The number of anilines is 1. The van der Waals surface area contributed by atoms with Gasteiger partial charge in [0.15, 0.2) is 17.3 Å². The van der Waals surface area contributed by atoms with E-state index in [9.17, 15) is 14.4 Å². The highest BCUT2D eigenvalue weighted by atomic mass is 16.5. The Hall–Kier alpha value is -4.19. The maximum absolute atomic E-state index is 14.5. The molecular weight excluding hydrogens is 466 g/mol. The molecule has 0 saturated carbocycles. The summed E-state index contributed by atoms with van der Waals surface area (Å²) in [6, 6.07) is 16.9. The van der Waals surface area contributed by atoms with E-state index in [-0.39, 0.29) is 17.3 Å². The number of methoxy groups -OCH3 is 2. The number of Topliss-reactive ketones (excluding diaryl/α,β-unsaturated/α-hetero) is 3. The minimum absolute atomic E-state index is 0.129. The van der Waals surface area contributed by atoms with Crippen molar-refractivity contribution in [3.63, 3.8) is 0 Å². The van der Waals surface area contributed by atoms with E-state index >= 15 is 0 Å². The van der Waals surface area contributed by atoms with Crippen LogP contribution in [0.15, 0.2) is 66.7 Å². The standard InChI is InChI=1S/C31H27NO5/c1-17-9-10-19-11-14-26-31(29(34)21-7-5-6-8-22(21)30(31)35)27(28(18(2)33)32(26)24(19)15-17)23-16-20(36-3)12-13-25(23)37-4/h5-16,26-28H,1-4H3/t26-,27-,28-/m0/s1. The first-order valence-corrected chi connectivity index (χ1v) is 12.3. The Morgan fingerprint density at radius 3 is 2.24 bits per heavy atom. The number of aryl methyl sites for hydroxylation is 1. The van der Waals surface area contributed by atoms with Gasteiger partial charge in [0, 0.05) is 28.3 Å². The molecule has 3 aromatic carbocycles. The van der Waals surface area contributed by atoms with Crippen molar-refractivity contribution in [2.24, 2.45) is 5.41 Å². The molecule has 0 N–H and O–H groups in total. The van der Waals surface area contributed by atoms with Gasteiger partial charge in [-0.3, -0.25) is 14.4 Å². The van der Waals surface area contributed by atoms with Gasteiger partial charge in [-0.2, -0.15) is 0 Å². The van der Waals surface area contributed by atoms with Crippen LogP contribution in [-0.2, 0) is 4.79 Å². The van der Waals surface area contributed by atoms with Crippen molar-refractivity contribution < 1.29 is 23.9 Å². The van der Waals surface area contributed by atoms with E-state index in [0.29, 0.717) is 28.2 Å². The molecule has 0 aromatic heterocycles. The van der Waals surface area contributed by atoms with Crippen molar-refractivity contribution in [1.82, 2.24) is 0 Å². The Bertz CT molecular complexity index is 1480. The Kier molecular flexibility index (Phi) is 5.13. The number of rotatable bonds is 4. The van der Waals surface area contributed by atoms with E-state index in [4.69, 9.17) is 9.47 Å². The van der Waals surface area contributed by atoms with Crippen molar-refractivity contribution in [3.05, 3.63) is 94.6 Å². The Labute approximate surface area is 215 Å². The molecule has 1 aliphatic carbocycles. The molecule has 0 radical (unpaired) electrons. The molecule has 6 heteroatoms. The minimum Gasteiger partial charge on any atom is -0.497 e. The lowest BCUT2D eigenvalue weighted by atomic mass is 9.64. The first-order valence-electron chi connectivity index (χ1n) is 12.3. The molecule has 186 valence electrons. The summed E-state index contributed by atoms with van der Waals surface area (Å²) in [7, 11) is 3.11. The van der Waals surface area contributed by atoms with Gasteiger partial charge < -0.3 is 14.4 Å². The summed E-state index contributed by atoms with van der Waals surface area (Å²) >= 11 is 0. The topological polar surface area (TPSA) is 72.9 Å². The molecule has 0 unspecified atom stereocenters. The van der Waals surface area contributed by atoms with Gasteiger partial charge in [-0.25, -0.2) is 0 Å². The second-order valence-corrected chi connectivity index (χ2v) is 9.99. The Morgan fingerprint density at radius 2 is 1.62 bits per heavy atom. The molecule has 2 heterocycles. The van der Waals surface area contributed by atoms with Crippen LogP contribution in [0.4, 0.5) is 5.69 Å². The number of hydrogen-bond acceptors (Lipinski definition) is 6. The molecule has 6 rings (SSSR count). The number of carbonyl (C=O) groups excluding carboxylic acids is 3. The van der Waals surface area contributed by atoms with Crippen molar-refractivity contribution in [2.45, 2.75) is 31.8 Å². The third-order valence-electron chi connectivity index (χ3n) is 8.15. The largest absolute Gasteiger partial charge is 0.497 e. The highest BCUT2D eigenvalue weighted by Crippen LogP contribution is 2.61. The Balaban J connectivity index is 1.72. The third-order valence-corrected chi connectivity index (χ3v) is 8.15. The van der Waals surface area contributed by atoms with Crippen molar-refractivity contribution in [1.29, 1.82) is 0 Å². The number of fused-ring (bicyclic) bond motifs is 5. The number of ketones is 3. The zero-order chi connectivity index (χ0) is 26.1. The van der Waals surface area contributed by atoms with Gasteiger partial charge in [-0.15, -0.1) is 0 Å². The SMILES string of the molecule is COc1ccc(OC)c([C@H]2[C@H](C(C)=O)N3c4cc(C)ccc4C=C[C@H]3C23C(=O)c2ccccc2C3=O)c1. The van der Waals surface area contributed by atoms with Crippen LogP contribution in [0, 0.1) is 12.3 Å². The molecule has 6 nitrogen and oxygen atoms in total.